The third-order valence-electron chi connectivity index (χ3n) is 4.85. The fourth-order valence-corrected chi connectivity index (χ4v) is 3.53. The number of nitrogens with zero attached hydrogens (tertiary/aromatic N) is 1. The Balaban J connectivity index is 1.85. The second-order valence-corrected chi connectivity index (χ2v) is 6.78. The molecule has 1 amide bonds. The molecule has 0 bridgehead atoms. The van der Waals surface area contributed by atoms with Crippen molar-refractivity contribution in [2.75, 3.05) is 26.4 Å². The van der Waals surface area contributed by atoms with Crippen molar-refractivity contribution in [3.8, 4) is 0 Å². The first-order chi connectivity index (χ1) is 11.1. The number of hydrogen-bond donors (Lipinski definition) is 1. The van der Waals surface area contributed by atoms with Gasteiger partial charge < -0.3 is 19.5 Å². The van der Waals surface area contributed by atoms with E-state index in [0.29, 0.717) is 19.1 Å². The summed E-state index contributed by atoms with van der Waals surface area (Å²) in [5.74, 6) is -0.310. The Labute approximate surface area is 138 Å². The van der Waals surface area contributed by atoms with Crippen LogP contribution in [0.1, 0.15) is 51.9 Å². The third kappa shape index (κ3) is 6.11. The van der Waals surface area contributed by atoms with Crippen molar-refractivity contribution in [1.82, 2.24) is 4.90 Å². The highest BCUT2D eigenvalue weighted by Gasteiger charge is 2.27. The summed E-state index contributed by atoms with van der Waals surface area (Å²) >= 11 is 0. The molecule has 2 fully saturated rings. The van der Waals surface area contributed by atoms with Crippen molar-refractivity contribution in [2.24, 2.45) is 5.92 Å². The van der Waals surface area contributed by atoms with Crippen molar-refractivity contribution in [2.45, 2.75) is 64.0 Å². The van der Waals surface area contributed by atoms with Crippen molar-refractivity contribution in [3.05, 3.63) is 0 Å². The molecule has 6 heteroatoms. The standard InChI is InChI=1S/C17H29NO5/c1-13-3-2-4-15(11-13)23-12-16(19)18(8-5-17(20)21)14-6-9-22-10-7-14/h13-15H,2-12H2,1H3,(H,20,21)/t13-,15+/m1/s1. The summed E-state index contributed by atoms with van der Waals surface area (Å²) in [6.07, 6.45) is 6.10. The van der Waals surface area contributed by atoms with Gasteiger partial charge in [-0.3, -0.25) is 9.59 Å². The minimum Gasteiger partial charge on any atom is -0.481 e. The van der Waals surface area contributed by atoms with Crippen LogP contribution in [0.15, 0.2) is 0 Å². The highest BCUT2D eigenvalue weighted by molar-refractivity contribution is 5.78. The first-order valence-corrected chi connectivity index (χ1v) is 8.77. The maximum atomic E-state index is 12.5. The molecule has 0 aromatic rings. The molecule has 0 aromatic carbocycles. The largest absolute Gasteiger partial charge is 0.481 e. The molecule has 2 aliphatic rings. The third-order valence-corrected chi connectivity index (χ3v) is 4.85. The summed E-state index contributed by atoms with van der Waals surface area (Å²) in [4.78, 5) is 25.1. The second-order valence-electron chi connectivity index (χ2n) is 6.78. The van der Waals surface area contributed by atoms with Gasteiger partial charge in [-0.25, -0.2) is 0 Å². The van der Waals surface area contributed by atoms with E-state index >= 15 is 0 Å². The SMILES string of the molecule is C[C@@H]1CCC[C@H](OCC(=O)N(CCC(=O)O)C2CCOCC2)C1. The van der Waals surface area contributed by atoms with Crippen LogP contribution in [0, 0.1) is 5.92 Å². The first-order valence-electron chi connectivity index (χ1n) is 8.77. The van der Waals surface area contributed by atoms with Crippen LogP contribution < -0.4 is 0 Å². The summed E-state index contributed by atoms with van der Waals surface area (Å²) < 4.78 is 11.2. The number of rotatable bonds is 7. The predicted octanol–water partition coefficient (Wildman–Crippen LogP) is 2.06. The van der Waals surface area contributed by atoms with E-state index < -0.39 is 5.97 Å². The van der Waals surface area contributed by atoms with Gasteiger partial charge in [0.05, 0.1) is 12.5 Å². The molecule has 2 rings (SSSR count). The normalized spacial score (nSPS) is 26.0. The van der Waals surface area contributed by atoms with Gasteiger partial charge in [0.25, 0.3) is 0 Å². The number of carbonyl (C=O) groups is 2. The summed E-state index contributed by atoms with van der Waals surface area (Å²) in [5, 5.41) is 8.91. The second kappa shape index (κ2) is 9.23. The molecule has 1 saturated heterocycles. The minimum absolute atomic E-state index is 0.0242. The van der Waals surface area contributed by atoms with Crippen LogP contribution >= 0.6 is 0 Å². The molecule has 0 unspecified atom stereocenters. The Morgan fingerprint density at radius 1 is 1.22 bits per heavy atom. The lowest BCUT2D eigenvalue weighted by Crippen LogP contribution is -2.46. The van der Waals surface area contributed by atoms with E-state index in [1.165, 1.54) is 6.42 Å². The molecule has 1 aliphatic heterocycles. The molecule has 0 radical (unpaired) electrons. The van der Waals surface area contributed by atoms with E-state index in [4.69, 9.17) is 14.6 Å². The zero-order valence-corrected chi connectivity index (χ0v) is 14.0. The Morgan fingerprint density at radius 3 is 2.61 bits per heavy atom. The number of aliphatic carboxylic acids is 1. The molecule has 2 atom stereocenters. The lowest BCUT2D eigenvalue weighted by Gasteiger charge is -2.35. The molecule has 1 N–H and O–H groups in total. The lowest BCUT2D eigenvalue weighted by atomic mass is 9.89. The van der Waals surface area contributed by atoms with Crippen LogP contribution in [0.25, 0.3) is 0 Å². The monoisotopic (exact) mass is 327 g/mol. The van der Waals surface area contributed by atoms with E-state index in [1.54, 1.807) is 4.90 Å². The van der Waals surface area contributed by atoms with Crippen LogP contribution in [-0.2, 0) is 19.1 Å². The van der Waals surface area contributed by atoms with E-state index in [0.717, 1.165) is 32.1 Å². The van der Waals surface area contributed by atoms with E-state index in [-0.39, 0.29) is 37.6 Å². The van der Waals surface area contributed by atoms with Crippen LogP contribution in [0.2, 0.25) is 0 Å². The molecule has 6 nitrogen and oxygen atoms in total. The number of carboxylic acids is 1. The summed E-state index contributed by atoms with van der Waals surface area (Å²) in [6, 6.07) is 0.0736. The maximum Gasteiger partial charge on any atom is 0.305 e. The van der Waals surface area contributed by atoms with Gasteiger partial charge in [0.2, 0.25) is 5.91 Å². The number of carboxylic acid groups (broad SMARTS) is 1. The lowest BCUT2D eigenvalue weighted by molar-refractivity contribution is -0.145. The Kier molecular flexibility index (Phi) is 7.30. The van der Waals surface area contributed by atoms with Gasteiger partial charge in [-0.2, -0.15) is 0 Å². The summed E-state index contributed by atoms with van der Waals surface area (Å²) in [5.41, 5.74) is 0. The maximum absolute atomic E-state index is 12.5. The zero-order chi connectivity index (χ0) is 16.7. The molecule has 1 heterocycles. The molecule has 1 aliphatic carbocycles. The topological polar surface area (TPSA) is 76.1 Å². The van der Waals surface area contributed by atoms with Crippen molar-refractivity contribution >= 4 is 11.9 Å². The van der Waals surface area contributed by atoms with Crippen LogP contribution in [0.5, 0.6) is 0 Å². The number of carbonyl (C=O) groups excluding carboxylic acids is 1. The molecule has 132 valence electrons. The highest BCUT2D eigenvalue weighted by Crippen LogP contribution is 2.26. The van der Waals surface area contributed by atoms with Gasteiger partial charge >= 0.3 is 5.97 Å². The Hall–Kier alpha value is -1.14. The van der Waals surface area contributed by atoms with E-state index in [1.807, 2.05) is 0 Å². The fraction of sp³-hybridized carbons (Fsp3) is 0.882. The highest BCUT2D eigenvalue weighted by atomic mass is 16.5. The summed E-state index contributed by atoms with van der Waals surface area (Å²) in [6.45, 7) is 3.79. The summed E-state index contributed by atoms with van der Waals surface area (Å²) in [7, 11) is 0. The number of hydrogen-bond acceptors (Lipinski definition) is 4. The van der Waals surface area contributed by atoms with Crippen molar-refractivity contribution in [3.63, 3.8) is 0 Å². The molecule has 0 spiro atoms. The smallest absolute Gasteiger partial charge is 0.305 e. The molecular formula is C17H29NO5. The first kappa shape index (κ1) is 18.2. The molecule has 1 saturated carbocycles. The molecular weight excluding hydrogens is 298 g/mol. The molecule has 23 heavy (non-hydrogen) atoms. The van der Waals surface area contributed by atoms with E-state index in [2.05, 4.69) is 6.92 Å². The van der Waals surface area contributed by atoms with Crippen molar-refractivity contribution < 1.29 is 24.2 Å². The van der Waals surface area contributed by atoms with Crippen LogP contribution in [0.3, 0.4) is 0 Å². The fourth-order valence-electron chi connectivity index (χ4n) is 3.53. The van der Waals surface area contributed by atoms with Crippen LogP contribution in [-0.4, -0.2) is 60.4 Å². The predicted molar refractivity (Wildman–Crippen MR) is 85.2 cm³/mol. The average molecular weight is 327 g/mol. The van der Waals surface area contributed by atoms with E-state index in [9.17, 15) is 9.59 Å². The Morgan fingerprint density at radius 2 is 1.96 bits per heavy atom. The van der Waals surface area contributed by atoms with Gasteiger partial charge in [0.15, 0.2) is 0 Å². The quantitative estimate of drug-likeness (QED) is 0.774. The minimum atomic E-state index is -0.878. The molecule has 0 aromatic heterocycles. The average Bonchev–Trinajstić information content (AvgIpc) is 2.54. The zero-order valence-electron chi connectivity index (χ0n) is 14.0. The number of amides is 1. The number of ether oxygens (including phenoxy) is 2. The van der Waals surface area contributed by atoms with Gasteiger partial charge in [-0.05, 0) is 31.6 Å². The van der Waals surface area contributed by atoms with Gasteiger partial charge in [0.1, 0.15) is 6.61 Å². The van der Waals surface area contributed by atoms with Gasteiger partial charge in [-0.1, -0.05) is 19.8 Å². The van der Waals surface area contributed by atoms with Crippen molar-refractivity contribution in [1.29, 1.82) is 0 Å². The van der Waals surface area contributed by atoms with Gasteiger partial charge in [0, 0.05) is 25.8 Å². The Bertz CT molecular complexity index is 394. The van der Waals surface area contributed by atoms with Gasteiger partial charge in [-0.15, -0.1) is 0 Å². The van der Waals surface area contributed by atoms with Crippen LogP contribution in [0.4, 0.5) is 0 Å².